The van der Waals surface area contributed by atoms with Crippen molar-refractivity contribution in [3.05, 3.63) is 73.4 Å². The first-order valence-electron chi connectivity index (χ1n) is 8.85. The Morgan fingerprint density at radius 3 is 1.46 bits per heavy atom. The van der Waals surface area contributed by atoms with Crippen LogP contribution in [0.25, 0.3) is 0 Å². The van der Waals surface area contributed by atoms with Gasteiger partial charge in [0.1, 0.15) is 0 Å². The van der Waals surface area contributed by atoms with Gasteiger partial charge in [0.2, 0.25) is 0 Å². The number of carbonyl (C=O) groups is 1. The van der Waals surface area contributed by atoms with Gasteiger partial charge in [0.25, 0.3) is 0 Å². The average Bonchev–Trinajstić information content (AvgIpc) is 2.56. The largest absolute Gasteiger partial charge is 0.481 e. The molecule has 0 aromatic carbocycles. The van der Waals surface area contributed by atoms with E-state index in [9.17, 15) is 4.79 Å². The van der Waals surface area contributed by atoms with Gasteiger partial charge in [-0.25, -0.2) is 0 Å². The molecule has 0 aliphatic heterocycles. The van der Waals surface area contributed by atoms with Crippen molar-refractivity contribution >= 4 is 5.97 Å². The molecule has 0 aromatic rings. The van der Waals surface area contributed by atoms with E-state index in [4.69, 9.17) is 5.11 Å². The van der Waals surface area contributed by atoms with E-state index in [0.717, 1.165) is 44.9 Å². The predicted molar refractivity (Wildman–Crippen MR) is 105 cm³/mol. The van der Waals surface area contributed by atoms with Crippen LogP contribution in [0.5, 0.6) is 0 Å². The van der Waals surface area contributed by atoms with E-state index in [1.165, 1.54) is 0 Å². The van der Waals surface area contributed by atoms with Gasteiger partial charge in [-0.1, -0.05) is 66.8 Å². The molecule has 24 heavy (non-hydrogen) atoms. The summed E-state index contributed by atoms with van der Waals surface area (Å²) in [6, 6.07) is 0. The Morgan fingerprint density at radius 1 is 0.625 bits per heavy atom. The monoisotopic (exact) mass is 328 g/mol. The fourth-order valence-corrected chi connectivity index (χ4v) is 1.92. The Hall–Kier alpha value is -2.09. The van der Waals surface area contributed by atoms with Crippen molar-refractivity contribution in [1.29, 1.82) is 0 Å². The Morgan fingerprint density at radius 2 is 1.00 bits per heavy atom. The quantitative estimate of drug-likeness (QED) is 0.273. The van der Waals surface area contributed by atoms with Gasteiger partial charge in [-0.3, -0.25) is 4.79 Å². The van der Waals surface area contributed by atoms with E-state index >= 15 is 0 Å². The number of carboxylic acids is 1. The first-order valence-corrected chi connectivity index (χ1v) is 8.85. The summed E-state index contributed by atoms with van der Waals surface area (Å²) in [5.41, 5.74) is 0. The predicted octanol–water partition coefficient (Wildman–Crippen LogP) is 6.55. The van der Waals surface area contributed by atoms with Crippen LogP contribution in [-0.2, 0) is 4.79 Å². The van der Waals surface area contributed by atoms with Crippen molar-refractivity contribution in [1.82, 2.24) is 0 Å². The second kappa shape index (κ2) is 19.0. The maximum Gasteiger partial charge on any atom is 0.303 e. The van der Waals surface area contributed by atoms with Crippen LogP contribution >= 0.6 is 0 Å². The molecular weight excluding hydrogens is 296 g/mol. The van der Waals surface area contributed by atoms with E-state index in [2.05, 4.69) is 61.3 Å². The van der Waals surface area contributed by atoms with Crippen LogP contribution in [-0.4, -0.2) is 11.1 Å². The van der Waals surface area contributed by atoms with Crippen molar-refractivity contribution in [3.63, 3.8) is 0 Å². The van der Waals surface area contributed by atoms with Gasteiger partial charge in [0.15, 0.2) is 0 Å². The minimum Gasteiger partial charge on any atom is -0.481 e. The van der Waals surface area contributed by atoms with Gasteiger partial charge in [-0.15, -0.1) is 6.58 Å². The molecule has 2 heteroatoms. The van der Waals surface area contributed by atoms with Crippen molar-refractivity contribution in [2.75, 3.05) is 0 Å². The van der Waals surface area contributed by atoms with E-state index in [1.807, 2.05) is 12.2 Å². The van der Waals surface area contributed by atoms with Gasteiger partial charge in [-0.2, -0.15) is 0 Å². The lowest BCUT2D eigenvalue weighted by Crippen LogP contribution is -1.91. The molecule has 1 N–H and O–H groups in total. The van der Waals surface area contributed by atoms with Gasteiger partial charge in [0, 0.05) is 6.42 Å². The van der Waals surface area contributed by atoms with E-state index in [1.54, 1.807) is 0 Å². The maximum absolute atomic E-state index is 10.3. The van der Waals surface area contributed by atoms with Gasteiger partial charge in [-0.05, 0) is 51.4 Å². The van der Waals surface area contributed by atoms with Crippen LogP contribution in [0.4, 0.5) is 0 Å². The third kappa shape index (κ3) is 19.9. The zero-order chi connectivity index (χ0) is 17.7. The lowest BCUT2D eigenvalue weighted by molar-refractivity contribution is -0.136. The number of unbranched alkanes of at least 4 members (excludes halogenated alkanes) is 2. The third-order valence-electron chi connectivity index (χ3n) is 3.21. The van der Waals surface area contributed by atoms with Gasteiger partial charge in [0.05, 0.1) is 0 Å². The van der Waals surface area contributed by atoms with Crippen LogP contribution in [0.15, 0.2) is 73.4 Å². The fourth-order valence-electron chi connectivity index (χ4n) is 1.92. The zero-order valence-electron chi connectivity index (χ0n) is 14.8. The van der Waals surface area contributed by atoms with Crippen LogP contribution < -0.4 is 0 Å². The molecule has 0 rings (SSSR count). The smallest absolute Gasteiger partial charge is 0.303 e. The molecule has 132 valence electrons. The Balaban J connectivity index is 3.43. The number of aliphatic carboxylic acids is 1. The SMILES string of the molecule is C=CCC=CCC=CCC=CCCC=CCCC=CCCC(=O)O. The molecule has 0 saturated carbocycles. The van der Waals surface area contributed by atoms with Gasteiger partial charge < -0.3 is 5.11 Å². The number of hydrogen-bond donors (Lipinski definition) is 1. The van der Waals surface area contributed by atoms with Crippen molar-refractivity contribution in [2.24, 2.45) is 0 Å². The second-order valence-electron chi connectivity index (χ2n) is 5.44. The molecule has 0 saturated heterocycles. The lowest BCUT2D eigenvalue weighted by atomic mass is 10.2. The number of hydrogen-bond acceptors (Lipinski definition) is 1. The van der Waals surface area contributed by atoms with E-state index in [-0.39, 0.29) is 6.42 Å². The molecule has 0 amide bonds. The fraction of sp³-hybridized carbons (Fsp3) is 0.409. The third-order valence-corrected chi connectivity index (χ3v) is 3.21. The first-order chi connectivity index (χ1) is 11.8. The molecule has 0 aliphatic rings. The minimum atomic E-state index is -0.733. The average molecular weight is 328 g/mol. The number of rotatable bonds is 15. The first kappa shape index (κ1) is 21.9. The topological polar surface area (TPSA) is 37.3 Å². The Labute approximate surface area is 147 Å². The highest BCUT2D eigenvalue weighted by Crippen LogP contribution is 2.00. The number of allylic oxidation sites excluding steroid dienone is 11. The van der Waals surface area contributed by atoms with Crippen molar-refractivity contribution in [2.45, 2.75) is 57.8 Å². The van der Waals surface area contributed by atoms with Crippen LogP contribution in [0, 0.1) is 0 Å². The normalized spacial score (nSPS) is 12.5. The lowest BCUT2D eigenvalue weighted by Gasteiger charge is -1.90. The molecule has 0 aliphatic carbocycles. The summed E-state index contributed by atoms with van der Waals surface area (Å²) in [5, 5.41) is 8.50. The summed E-state index contributed by atoms with van der Waals surface area (Å²) in [7, 11) is 0. The highest BCUT2D eigenvalue weighted by Gasteiger charge is 1.90. The summed E-state index contributed by atoms with van der Waals surface area (Å²) in [4.78, 5) is 10.3. The molecule has 0 radical (unpaired) electrons. The van der Waals surface area contributed by atoms with E-state index in [0.29, 0.717) is 6.42 Å². The molecule has 0 spiro atoms. The summed E-state index contributed by atoms with van der Waals surface area (Å²) < 4.78 is 0. The van der Waals surface area contributed by atoms with E-state index < -0.39 is 5.97 Å². The molecule has 0 aromatic heterocycles. The number of carboxylic acid groups (broad SMARTS) is 1. The maximum atomic E-state index is 10.3. The Kier molecular flexibility index (Phi) is 17.3. The van der Waals surface area contributed by atoms with Crippen LogP contribution in [0.2, 0.25) is 0 Å². The highest BCUT2D eigenvalue weighted by molar-refractivity contribution is 5.66. The van der Waals surface area contributed by atoms with Crippen molar-refractivity contribution < 1.29 is 9.90 Å². The van der Waals surface area contributed by atoms with Crippen molar-refractivity contribution in [3.8, 4) is 0 Å². The summed E-state index contributed by atoms with van der Waals surface area (Å²) in [6.07, 6.45) is 31.4. The molecule has 2 nitrogen and oxygen atoms in total. The molecule has 0 unspecified atom stereocenters. The molecule has 0 bridgehead atoms. The van der Waals surface area contributed by atoms with Crippen LogP contribution in [0.3, 0.4) is 0 Å². The zero-order valence-corrected chi connectivity index (χ0v) is 14.8. The molecular formula is C22H32O2. The van der Waals surface area contributed by atoms with Crippen LogP contribution in [0.1, 0.15) is 57.8 Å². The van der Waals surface area contributed by atoms with Gasteiger partial charge >= 0.3 is 5.97 Å². The molecule has 0 fully saturated rings. The highest BCUT2D eigenvalue weighted by atomic mass is 16.4. The standard InChI is InChI=1S/C22H32O2/c1-2-3-4-5-6-7-8-9-10-11-12-13-14-15-16-17-18-19-20-21-22(23)24/h2,4-5,7-8,10-11,14-15,18-19H,1,3,6,9,12-13,16-17,20-21H2,(H,23,24). The molecule has 0 atom stereocenters. The summed E-state index contributed by atoms with van der Waals surface area (Å²) >= 11 is 0. The molecule has 0 heterocycles. The summed E-state index contributed by atoms with van der Waals surface area (Å²) in [5.74, 6) is -0.733. The minimum absolute atomic E-state index is 0.222. The second-order valence-corrected chi connectivity index (χ2v) is 5.44. The Bertz CT molecular complexity index is 451. The summed E-state index contributed by atoms with van der Waals surface area (Å²) in [6.45, 7) is 3.68.